The molecule has 1 aliphatic carbocycles. The Morgan fingerprint density at radius 2 is 2.17 bits per heavy atom. The Hall–Kier alpha value is -0.810. The standard InChI is InChI=1S/C13H26N2O3/c1-13(2,18-4)9-14-12(17)15(3)8-10-6-5-7-11(10)16/h10-11,16H,5-9H2,1-4H3,(H,14,17). The van der Waals surface area contributed by atoms with Crippen LogP contribution in [-0.4, -0.2) is 55.0 Å². The van der Waals surface area contributed by atoms with E-state index in [-0.39, 0.29) is 23.7 Å². The van der Waals surface area contributed by atoms with E-state index < -0.39 is 0 Å². The van der Waals surface area contributed by atoms with Gasteiger partial charge < -0.3 is 20.1 Å². The molecule has 5 heteroatoms. The highest BCUT2D eigenvalue weighted by atomic mass is 16.5. The van der Waals surface area contributed by atoms with E-state index in [9.17, 15) is 9.90 Å². The molecule has 0 aromatic rings. The topological polar surface area (TPSA) is 61.8 Å². The van der Waals surface area contributed by atoms with Crippen molar-refractivity contribution in [3.05, 3.63) is 0 Å². The number of carbonyl (C=O) groups is 1. The van der Waals surface area contributed by atoms with Crippen LogP contribution < -0.4 is 5.32 Å². The second kappa shape index (κ2) is 6.38. The number of urea groups is 1. The van der Waals surface area contributed by atoms with Crippen LogP contribution in [0.2, 0.25) is 0 Å². The van der Waals surface area contributed by atoms with E-state index in [1.54, 1.807) is 19.1 Å². The molecule has 1 saturated carbocycles. The molecule has 106 valence electrons. The third-order valence-corrected chi connectivity index (χ3v) is 3.69. The number of amides is 2. The number of methoxy groups -OCH3 is 1. The van der Waals surface area contributed by atoms with Crippen molar-refractivity contribution >= 4 is 6.03 Å². The van der Waals surface area contributed by atoms with E-state index in [4.69, 9.17) is 4.74 Å². The third-order valence-electron chi connectivity index (χ3n) is 3.69. The molecule has 0 bridgehead atoms. The second-order valence-corrected chi connectivity index (χ2v) is 5.76. The zero-order valence-corrected chi connectivity index (χ0v) is 11.9. The van der Waals surface area contributed by atoms with E-state index in [1.807, 2.05) is 13.8 Å². The largest absolute Gasteiger partial charge is 0.393 e. The molecule has 0 saturated heterocycles. The molecule has 0 aliphatic heterocycles. The first-order valence-electron chi connectivity index (χ1n) is 6.58. The van der Waals surface area contributed by atoms with Crippen molar-refractivity contribution in [3.8, 4) is 0 Å². The molecule has 18 heavy (non-hydrogen) atoms. The summed E-state index contributed by atoms with van der Waals surface area (Å²) in [5.41, 5.74) is -0.358. The number of hydrogen-bond donors (Lipinski definition) is 2. The van der Waals surface area contributed by atoms with Crippen LogP contribution in [0, 0.1) is 5.92 Å². The number of nitrogens with one attached hydrogen (secondary N) is 1. The quantitative estimate of drug-likeness (QED) is 0.779. The molecule has 1 aliphatic rings. The van der Waals surface area contributed by atoms with Crippen molar-refractivity contribution in [3.63, 3.8) is 0 Å². The molecule has 0 radical (unpaired) electrons. The zero-order valence-electron chi connectivity index (χ0n) is 11.9. The number of ether oxygens (including phenoxy) is 1. The first-order chi connectivity index (χ1) is 8.35. The van der Waals surface area contributed by atoms with Gasteiger partial charge in [0.25, 0.3) is 0 Å². The second-order valence-electron chi connectivity index (χ2n) is 5.76. The number of carbonyl (C=O) groups excluding carboxylic acids is 1. The van der Waals surface area contributed by atoms with Crippen LogP contribution in [0.4, 0.5) is 4.79 Å². The third kappa shape index (κ3) is 4.46. The van der Waals surface area contributed by atoms with Crippen molar-refractivity contribution in [2.75, 3.05) is 27.2 Å². The fraction of sp³-hybridized carbons (Fsp3) is 0.923. The van der Waals surface area contributed by atoms with Gasteiger partial charge in [-0.3, -0.25) is 0 Å². The van der Waals surface area contributed by atoms with Gasteiger partial charge in [0.2, 0.25) is 0 Å². The summed E-state index contributed by atoms with van der Waals surface area (Å²) in [6.45, 7) is 4.93. The van der Waals surface area contributed by atoms with Gasteiger partial charge in [-0.25, -0.2) is 4.79 Å². The highest BCUT2D eigenvalue weighted by molar-refractivity contribution is 5.73. The highest BCUT2D eigenvalue weighted by Gasteiger charge is 2.27. The van der Waals surface area contributed by atoms with Gasteiger partial charge in [0.05, 0.1) is 11.7 Å². The molecule has 2 amide bonds. The molecule has 2 atom stereocenters. The van der Waals surface area contributed by atoms with E-state index in [0.717, 1.165) is 19.3 Å². The first kappa shape index (κ1) is 15.2. The molecular formula is C13H26N2O3. The van der Waals surface area contributed by atoms with Crippen LogP contribution in [0.1, 0.15) is 33.1 Å². The lowest BCUT2D eigenvalue weighted by molar-refractivity contribution is 0.0242. The summed E-state index contributed by atoms with van der Waals surface area (Å²) >= 11 is 0. The molecule has 2 unspecified atom stereocenters. The molecule has 0 aromatic heterocycles. The minimum atomic E-state index is -0.358. The smallest absolute Gasteiger partial charge is 0.317 e. The molecule has 5 nitrogen and oxygen atoms in total. The number of aliphatic hydroxyl groups excluding tert-OH is 1. The summed E-state index contributed by atoms with van der Waals surface area (Å²) in [6, 6.07) is -0.112. The zero-order chi connectivity index (χ0) is 13.8. The summed E-state index contributed by atoms with van der Waals surface area (Å²) in [7, 11) is 3.39. The maximum atomic E-state index is 11.9. The average Bonchev–Trinajstić information content (AvgIpc) is 2.72. The van der Waals surface area contributed by atoms with Gasteiger partial charge in [0.1, 0.15) is 0 Å². The van der Waals surface area contributed by atoms with Crippen molar-refractivity contribution in [2.45, 2.75) is 44.8 Å². The predicted octanol–water partition coefficient (Wildman–Crippen LogP) is 1.21. The van der Waals surface area contributed by atoms with Gasteiger partial charge >= 0.3 is 6.03 Å². The Labute approximate surface area is 109 Å². The normalized spacial score (nSPS) is 24.1. The van der Waals surface area contributed by atoms with Gasteiger partial charge in [0.15, 0.2) is 0 Å². The van der Waals surface area contributed by atoms with E-state index >= 15 is 0 Å². The van der Waals surface area contributed by atoms with Crippen LogP contribution in [0.3, 0.4) is 0 Å². The Morgan fingerprint density at radius 3 is 2.67 bits per heavy atom. The van der Waals surface area contributed by atoms with Crippen molar-refractivity contribution in [1.82, 2.24) is 10.2 Å². The average molecular weight is 258 g/mol. The molecule has 1 fully saturated rings. The van der Waals surface area contributed by atoms with Gasteiger partial charge in [-0.1, -0.05) is 6.42 Å². The summed E-state index contributed by atoms with van der Waals surface area (Å²) in [5.74, 6) is 0.219. The van der Waals surface area contributed by atoms with Crippen LogP contribution >= 0.6 is 0 Å². The summed E-state index contributed by atoms with van der Waals surface area (Å²) in [4.78, 5) is 13.5. The lowest BCUT2D eigenvalue weighted by Crippen LogP contribution is -2.46. The monoisotopic (exact) mass is 258 g/mol. The summed E-state index contributed by atoms with van der Waals surface area (Å²) < 4.78 is 5.25. The number of rotatable bonds is 5. The minimum Gasteiger partial charge on any atom is -0.393 e. The SMILES string of the molecule is COC(C)(C)CNC(=O)N(C)CC1CCCC1O. The molecule has 1 rings (SSSR count). The lowest BCUT2D eigenvalue weighted by atomic mass is 10.1. The van der Waals surface area contributed by atoms with Crippen LogP contribution in [0.25, 0.3) is 0 Å². The molecule has 0 heterocycles. The van der Waals surface area contributed by atoms with Gasteiger partial charge in [-0.15, -0.1) is 0 Å². The first-order valence-corrected chi connectivity index (χ1v) is 6.58. The molecular weight excluding hydrogens is 232 g/mol. The molecule has 0 spiro atoms. The van der Waals surface area contributed by atoms with E-state index in [0.29, 0.717) is 13.1 Å². The fourth-order valence-electron chi connectivity index (χ4n) is 2.16. The Bertz CT molecular complexity index is 281. The number of hydrogen-bond acceptors (Lipinski definition) is 3. The van der Waals surface area contributed by atoms with Crippen LogP contribution in [-0.2, 0) is 4.74 Å². The predicted molar refractivity (Wildman–Crippen MR) is 70.5 cm³/mol. The fourth-order valence-corrected chi connectivity index (χ4v) is 2.16. The Balaban J connectivity index is 2.33. The van der Waals surface area contributed by atoms with E-state index in [2.05, 4.69) is 5.32 Å². The van der Waals surface area contributed by atoms with Gasteiger partial charge in [0, 0.05) is 33.2 Å². The van der Waals surface area contributed by atoms with Crippen molar-refractivity contribution in [2.24, 2.45) is 5.92 Å². The maximum absolute atomic E-state index is 11.9. The van der Waals surface area contributed by atoms with E-state index in [1.165, 1.54) is 0 Å². The van der Waals surface area contributed by atoms with Gasteiger partial charge in [-0.05, 0) is 26.7 Å². The Kier molecular flexibility index (Phi) is 5.41. The van der Waals surface area contributed by atoms with Gasteiger partial charge in [-0.2, -0.15) is 0 Å². The Morgan fingerprint density at radius 1 is 1.50 bits per heavy atom. The summed E-state index contributed by atoms with van der Waals surface area (Å²) in [5, 5.41) is 12.6. The van der Waals surface area contributed by atoms with Crippen molar-refractivity contribution in [1.29, 1.82) is 0 Å². The van der Waals surface area contributed by atoms with Crippen LogP contribution in [0.5, 0.6) is 0 Å². The molecule has 0 aromatic carbocycles. The van der Waals surface area contributed by atoms with Crippen molar-refractivity contribution < 1.29 is 14.6 Å². The number of aliphatic hydroxyl groups is 1. The lowest BCUT2D eigenvalue weighted by Gasteiger charge is -2.27. The maximum Gasteiger partial charge on any atom is 0.317 e. The minimum absolute atomic E-state index is 0.112. The van der Waals surface area contributed by atoms with Crippen LogP contribution in [0.15, 0.2) is 0 Å². The molecule has 2 N–H and O–H groups in total. The highest BCUT2D eigenvalue weighted by Crippen LogP contribution is 2.25. The summed E-state index contributed by atoms with van der Waals surface area (Å²) in [6.07, 6.45) is 2.66. The number of nitrogens with zero attached hydrogens (tertiary/aromatic N) is 1.